The molecule has 1 N–H and O–H groups in total. The van der Waals surface area contributed by atoms with Gasteiger partial charge in [-0.05, 0) is 46.0 Å². The lowest BCUT2D eigenvalue weighted by atomic mass is 9.81. The Morgan fingerprint density at radius 3 is 2.56 bits per heavy atom. The monoisotopic (exact) mass is 264 g/mol. The second-order valence-electron chi connectivity index (χ2n) is 6.18. The van der Waals surface area contributed by atoms with Crippen molar-refractivity contribution in [3.63, 3.8) is 0 Å². The van der Waals surface area contributed by atoms with Crippen LogP contribution in [0.2, 0.25) is 0 Å². The Balaban J connectivity index is 1.91. The molecule has 3 heteroatoms. The Labute approximate surface area is 114 Å². The quantitative estimate of drug-likeness (QED) is 0.898. The van der Waals surface area contributed by atoms with Gasteiger partial charge in [0.1, 0.15) is 5.01 Å². The van der Waals surface area contributed by atoms with Crippen LogP contribution >= 0.6 is 11.3 Å². The zero-order valence-corrected chi connectivity index (χ0v) is 12.4. The summed E-state index contributed by atoms with van der Waals surface area (Å²) in [5, 5.41) is 5.24. The van der Waals surface area contributed by atoms with E-state index in [0.29, 0.717) is 6.04 Å². The van der Waals surface area contributed by atoms with Crippen LogP contribution in [0.4, 0.5) is 0 Å². The highest BCUT2D eigenvalue weighted by Gasteiger charge is 2.38. The van der Waals surface area contributed by atoms with E-state index in [9.17, 15) is 0 Å². The van der Waals surface area contributed by atoms with Gasteiger partial charge in [-0.2, -0.15) is 0 Å². The largest absolute Gasteiger partial charge is 0.303 e. The average Bonchev–Trinajstić information content (AvgIpc) is 2.89. The number of nitrogens with one attached hydrogen (secondary N) is 1. The van der Waals surface area contributed by atoms with Gasteiger partial charge in [-0.3, -0.25) is 0 Å². The predicted molar refractivity (Wildman–Crippen MR) is 77.2 cm³/mol. The van der Waals surface area contributed by atoms with Crippen molar-refractivity contribution in [2.24, 2.45) is 0 Å². The molecule has 1 heterocycles. The second kappa shape index (κ2) is 4.93. The SMILES string of the molecule is CC(C)NC1(c2nc3c(s2)CCC3)CCCCC1. The lowest BCUT2D eigenvalue weighted by molar-refractivity contribution is 0.216. The Morgan fingerprint density at radius 2 is 1.89 bits per heavy atom. The second-order valence-corrected chi connectivity index (χ2v) is 7.27. The van der Waals surface area contributed by atoms with Gasteiger partial charge in [0.05, 0.1) is 11.2 Å². The van der Waals surface area contributed by atoms with Gasteiger partial charge < -0.3 is 5.32 Å². The van der Waals surface area contributed by atoms with Crippen LogP contribution in [0.1, 0.15) is 68.0 Å². The van der Waals surface area contributed by atoms with Gasteiger partial charge in [-0.15, -0.1) is 11.3 Å². The number of thiazole rings is 1. The highest BCUT2D eigenvalue weighted by Crippen LogP contribution is 2.41. The molecule has 2 nitrogen and oxygen atoms in total. The normalized spacial score (nSPS) is 22.4. The molecule has 100 valence electrons. The topological polar surface area (TPSA) is 24.9 Å². The minimum atomic E-state index is 0.196. The Kier molecular flexibility index (Phi) is 3.46. The third-order valence-corrected chi connectivity index (χ3v) is 5.64. The number of fused-ring (bicyclic) bond motifs is 1. The van der Waals surface area contributed by atoms with Crippen LogP contribution in [-0.4, -0.2) is 11.0 Å². The van der Waals surface area contributed by atoms with Crippen molar-refractivity contribution in [1.29, 1.82) is 0 Å². The zero-order chi connectivity index (χ0) is 12.6. The van der Waals surface area contributed by atoms with Crippen molar-refractivity contribution in [3.05, 3.63) is 15.6 Å². The summed E-state index contributed by atoms with van der Waals surface area (Å²) in [5.41, 5.74) is 1.60. The van der Waals surface area contributed by atoms with Gasteiger partial charge in [0.15, 0.2) is 0 Å². The van der Waals surface area contributed by atoms with Gasteiger partial charge in [0, 0.05) is 10.9 Å². The molecule has 18 heavy (non-hydrogen) atoms. The highest BCUT2D eigenvalue weighted by atomic mass is 32.1. The lowest BCUT2D eigenvalue weighted by Gasteiger charge is -2.38. The standard InChI is InChI=1S/C15H24N2S/c1-11(2)17-15(9-4-3-5-10-15)14-16-12-7-6-8-13(12)18-14/h11,17H,3-10H2,1-2H3. The molecule has 1 saturated carbocycles. The molecule has 3 rings (SSSR count). The van der Waals surface area contributed by atoms with E-state index in [1.807, 2.05) is 11.3 Å². The maximum Gasteiger partial charge on any atom is 0.113 e. The van der Waals surface area contributed by atoms with Crippen molar-refractivity contribution < 1.29 is 0 Å². The van der Waals surface area contributed by atoms with E-state index < -0.39 is 0 Å². The lowest BCUT2D eigenvalue weighted by Crippen LogP contribution is -2.47. The van der Waals surface area contributed by atoms with E-state index >= 15 is 0 Å². The number of aromatic nitrogens is 1. The smallest absolute Gasteiger partial charge is 0.113 e. The molecule has 1 aromatic rings. The van der Waals surface area contributed by atoms with Crippen LogP contribution in [0, 0.1) is 0 Å². The first-order valence-corrected chi connectivity index (χ1v) is 8.28. The number of hydrogen-bond donors (Lipinski definition) is 1. The maximum absolute atomic E-state index is 5.00. The summed E-state index contributed by atoms with van der Waals surface area (Å²) in [6.45, 7) is 4.52. The highest BCUT2D eigenvalue weighted by molar-refractivity contribution is 7.12. The van der Waals surface area contributed by atoms with Gasteiger partial charge in [-0.1, -0.05) is 19.3 Å². The van der Waals surface area contributed by atoms with Crippen LogP contribution in [0.3, 0.4) is 0 Å². The predicted octanol–water partition coefficient (Wildman–Crippen LogP) is 3.79. The van der Waals surface area contributed by atoms with E-state index in [0.717, 1.165) is 0 Å². The summed E-state index contributed by atoms with van der Waals surface area (Å²) in [6.07, 6.45) is 10.4. The van der Waals surface area contributed by atoms with E-state index in [1.165, 1.54) is 62.1 Å². The number of nitrogens with zero attached hydrogens (tertiary/aromatic N) is 1. The summed E-state index contributed by atoms with van der Waals surface area (Å²) in [5.74, 6) is 0. The van der Waals surface area contributed by atoms with E-state index in [4.69, 9.17) is 4.98 Å². The van der Waals surface area contributed by atoms with E-state index in [-0.39, 0.29) is 5.54 Å². The molecule has 0 aromatic carbocycles. The van der Waals surface area contributed by atoms with Gasteiger partial charge in [0.25, 0.3) is 0 Å². The van der Waals surface area contributed by atoms with Gasteiger partial charge in [0.2, 0.25) is 0 Å². The molecule has 2 aliphatic rings. The Morgan fingerprint density at radius 1 is 1.11 bits per heavy atom. The molecule has 0 bridgehead atoms. The molecule has 0 saturated heterocycles. The van der Waals surface area contributed by atoms with Gasteiger partial charge in [-0.25, -0.2) is 4.98 Å². The first-order valence-electron chi connectivity index (χ1n) is 7.46. The molecule has 1 aromatic heterocycles. The van der Waals surface area contributed by atoms with Gasteiger partial charge >= 0.3 is 0 Å². The zero-order valence-electron chi connectivity index (χ0n) is 11.6. The molecule has 0 radical (unpaired) electrons. The van der Waals surface area contributed by atoms with Crippen LogP contribution in [0.25, 0.3) is 0 Å². The molecular weight excluding hydrogens is 240 g/mol. The fourth-order valence-corrected chi connectivity index (χ4v) is 4.88. The molecular formula is C15H24N2S. The van der Waals surface area contributed by atoms with Crippen molar-refractivity contribution >= 4 is 11.3 Å². The summed E-state index contributed by atoms with van der Waals surface area (Å²) in [4.78, 5) is 6.57. The molecule has 0 atom stereocenters. The molecule has 0 aliphatic heterocycles. The summed E-state index contributed by atoms with van der Waals surface area (Å²) >= 11 is 2.00. The maximum atomic E-state index is 5.00. The van der Waals surface area contributed by atoms with E-state index in [1.54, 1.807) is 4.88 Å². The van der Waals surface area contributed by atoms with Crippen LogP contribution < -0.4 is 5.32 Å². The summed E-state index contributed by atoms with van der Waals surface area (Å²) in [6, 6.07) is 0.543. The molecule has 2 aliphatic carbocycles. The van der Waals surface area contributed by atoms with Crippen molar-refractivity contribution in [3.8, 4) is 0 Å². The summed E-state index contributed by atoms with van der Waals surface area (Å²) in [7, 11) is 0. The van der Waals surface area contributed by atoms with Crippen LogP contribution in [-0.2, 0) is 18.4 Å². The molecule has 0 spiro atoms. The molecule has 0 amide bonds. The fraction of sp³-hybridized carbons (Fsp3) is 0.800. The van der Waals surface area contributed by atoms with Crippen LogP contribution in [0.15, 0.2) is 0 Å². The van der Waals surface area contributed by atoms with Crippen molar-refractivity contribution in [1.82, 2.24) is 10.3 Å². The molecule has 1 fully saturated rings. The minimum Gasteiger partial charge on any atom is -0.303 e. The molecule has 0 unspecified atom stereocenters. The average molecular weight is 264 g/mol. The van der Waals surface area contributed by atoms with Crippen molar-refractivity contribution in [2.45, 2.75) is 76.8 Å². The number of aryl methyl sites for hydroxylation is 2. The van der Waals surface area contributed by atoms with E-state index in [2.05, 4.69) is 19.2 Å². The first-order chi connectivity index (χ1) is 8.70. The third-order valence-electron chi connectivity index (χ3n) is 4.28. The third kappa shape index (κ3) is 2.23. The summed E-state index contributed by atoms with van der Waals surface area (Å²) < 4.78 is 0. The fourth-order valence-electron chi connectivity index (χ4n) is 3.52. The number of hydrogen-bond acceptors (Lipinski definition) is 3. The number of rotatable bonds is 3. The Hall–Kier alpha value is -0.410. The van der Waals surface area contributed by atoms with Crippen LogP contribution in [0.5, 0.6) is 0 Å². The first kappa shape index (κ1) is 12.6. The van der Waals surface area contributed by atoms with Crippen molar-refractivity contribution in [2.75, 3.05) is 0 Å². The Bertz CT molecular complexity index is 395. The minimum absolute atomic E-state index is 0.196.